The maximum Gasteiger partial charge on any atom is 0.254 e. The molecule has 22 heavy (non-hydrogen) atoms. The highest BCUT2D eigenvalue weighted by atomic mass is 16.7. The molecule has 0 aliphatic carbocycles. The Morgan fingerprint density at radius 3 is 2.73 bits per heavy atom. The largest absolute Gasteiger partial charge is 0.454 e. The van der Waals surface area contributed by atoms with Crippen LogP contribution in [0.25, 0.3) is 0 Å². The fourth-order valence-corrected chi connectivity index (χ4v) is 2.57. The van der Waals surface area contributed by atoms with Gasteiger partial charge in [-0.2, -0.15) is 0 Å². The van der Waals surface area contributed by atoms with Crippen molar-refractivity contribution in [2.45, 2.75) is 20.4 Å². The fourth-order valence-electron chi connectivity index (χ4n) is 2.57. The Bertz CT molecular complexity index is 724. The van der Waals surface area contributed by atoms with Crippen LogP contribution >= 0.6 is 0 Å². The molecule has 4 heteroatoms. The fraction of sp³-hybridized carbons (Fsp3) is 0.278. The molecular formula is C18H19NO3. The molecule has 0 radical (unpaired) electrons. The second-order valence-corrected chi connectivity index (χ2v) is 5.60. The van der Waals surface area contributed by atoms with E-state index >= 15 is 0 Å². The number of rotatable bonds is 3. The molecule has 1 aliphatic rings. The van der Waals surface area contributed by atoms with E-state index in [1.807, 2.05) is 57.3 Å². The molecule has 0 spiro atoms. The summed E-state index contributed by atoms with van der Waals surface area (Å²) in [5.41, 5.74) is 3.93. The SMILES string of the molecule is Cc1cccc(C(=O)N(C)Cc2ccc3c(c2)OCO3)c1C. The Hall–Kier alpha value is -2.49. The Kier molecular flexibility index (Phi) is 3.75. The molecule has 0 atom stereocenters. The molecule has 4 nitrogen and oxygen atoms in total. The number of ether oxygens (including phenoxy) is 2. The minimum absolute atomic E-state index is 0.0267. The Morgan fingerprint density at radius 1 is 1.14 bits per heavy atom. The summed E-state index contributed by atoms with van der Waals surface area (Å²) in [7, 11) is 1.81. The van der Waals surface area contributed by atoms with Crippen molar-refractivity contribution in [2.24, 2.45) is 0 Å². The highest BCUT2D eigenvalue weighted by molar-refractivity contribution is 5.95. The van der Waals surface area contributed by atoms with Gasteiger partial charge in [-0.25, -0.2) is 0 Å². The first-order chi connectivity index (χ1) is 10.6. The van der Waals surface area contributed by atoms with Gasteiger partial charge in [0.15, 0.2) is 11.5 Å². The zero-order valence-electron chi connectivity index (χ0n) is 13.1. The molecule has 0 fully saturated rings. The van der Waals surface area contributed by atoms with Gasteiger partial charge in [-0.1, -0.05) is 18.2 Å². The third-order valence-corrected chi connectivity index (χ3v) is 4.04. The molecule has 0 bridgehead atoms. The Morgan fingerprint density at radius 2 is 1.91 bits per heavy atom. The van der Waals surface area contributed by atoms with E-state index in [9.17, 15) is 4.79 Å². The number of amides is 1. The number of hydrogen-bond acceptors (Lipinski definition) is 3. The van der Waals surface area contributed by atoms with Gasteiger partial charge in [-0.15, -0.1) is 0 Å². The minimum Gasteiger partial charge on any atom is -0.454 e. The van der Waals surface area contributed by atoms with E-state index in [1.165, 1.54) is 0 Å². The Balaban J connectivity index is 1.78. The number of aryl methyl sites for hydroxylation is 1. The average Bonchev–Trinajstić information content (AvgIpc) is 2.97. The van der Waals surface area contributed by atoms with Crippen LogP contribution in [0.15, 0.2) is 36.4 Å². The summed E-state index contributed by atoms with van der Waals surface area (Å²) in [5.74, 6) is 1.52. The van der Waals surface area contributed by atoms with E-state index in [4.69, 9.17) is 9.47 Å². The number of carbonyl (C=O) groups is 1. The Labute approximate surface area is 130 Å². The van der Waals surface area contributed by atoms with Crippen molar-refractivity contribution in [1.29, 1.82) is 0 Å². The quantitative estimate of drug-likeness (QED) is 0.872. The molecule has 1 amide bonds. The first-order valence-electron chi connectivity index (χ1n) is 7.26. The predicted molar refractivity (Wildman–Crippen MR) is 84.3 cm³/mol. The van der Waals surface area contributed by atoms with Crippen molar-refractivity contribution >= 4 is 5.91 Å². The number of hydrogen-bond donors (Lipinski definition) is 0. The van der Waals surface area contributed by atoms with Crippen molar-refractivity contribution in [2.75, 3.05) is 13.8 Å². The van der Waals surface area contributed by atoms with Crippen LogP contribution in [0, 0.1) is 13.8 Å². The molecule has 1 aliphatic heterocycles. The highest BCUT2D eigenvalue weighted by Crippen LogP contribution is 2.32. The summed E-state index contributed by atoms with van der Waals surface area (Å²) in [5, 5.41) is 0. The lowest BCUT2D eigenvalue weighted by atomic mass is 10.0. The third-order valence-electron chi connectivity index (χ3n) is 4.04. The van der Waals surface area contributed by atoms with Crippen LogP contribution in [0.1, 0.15) is 27.0 Å². The maximum absolute atomic E-state index is 12.6. The van der Waals surface area contributed by atoms with E-state index in [0.29, 0.717) is 6.54 Å². The summed E-state index contributed by atoms with van der Waals surface area (Å²) in [4.78, 5) is 14.3. The number of benzene rings is 2. The summed E-state index contributed by atoms with van der Waals surface area (Å²) in [6, 6.07) is 11.6. The number of nitrogens with zero attached hydrogens (tertiary/aromatic N) is 1. The van der Waals surface area contributed by atoms with Gasteiger partial charge in [-0.3, -0.25) is 4.79 Å². The summed E-state index contributed by atoms with van der Waals surface area (Å²) < 4.78 is 10.7. The van der Waals surface area contributed by atoms with Crippen molar-refractivity contribution in [1.82, 2.24) is 4.90 Å². The molecule has 0 aromatic heterocycles. The van der Waals surface area contributed by atoms with Crippen LogP contribution < -0.4 is 9.47 Å². The van der Waals surface area contributed by atoms with E-state index in [2.05, 4.69) is 0 Å². The molecule has 0 saturated carbocycles. The standard InChI is InChI=1S/C18H19NO3/c1-12-5-4-6-15(13(12)2)18(20)19(3)10-14-7-8-16-17(9-14)22-11-21-16/h4-9H,10-11H2,1-3H3. The first kappa shape index (κ1) is 14.4. The van der Waals surface area contributed by atoms with Gasteiger partial charge in [0.2, 0.25) is 6.79 Å². The van der Waals surface area contributed by atoms with Gasteiger partial charge in [0.05, 0.1) is 0 Å². The monoisotopic (exact) mass is 297 g/mol. The van der Waals surface area contributed by atoms with Gasteiger partial charge in [0, 0.05) is 19.2 Å². The predicted octanol–water partition coefficient (Wildman–Crippen LogP) is 3.30. The van der Waals surface area contributed by atoms with Crippen molar-refractivity contribution in [3.05, 3.63) is 58.7 Å². The van der Waals surface area contributed by atoms with Gasteiger partial charge >= 0.3 is 0 Å². The van der Waals surface area contributed by atoms with Gasteiger partial charge in [-0.05, 0) is 48.7 Å². The van der Waals surface area contributed by atoms with E-state index in [-0.39, 0.29) is 12.7 Å². The minimum atomic E-state index is 0.0267. The normalized spacial score (nSPS) is 12.3. The van der Waals surface area contributed by atoms with E-state index in [1.54, 1.807) is 4.90 Å². The summed E-state index contributed by atoms with van der Waals surface area (Å²) in [6.45, 7) is 4.79. The van der Waals surface area contributed by atoms with E-state index in [0.717, 1.165) is 33.8 Å². The lowest BCUT2D eigenvalue weighted by Crippen LogP contribution is -2.27. The third kappa shape index (κ3) is 2.64. The average molecular weight is 297 g/mol. The van der Waals surface area contributed by atoms with Crippen LogP contribution in [0.5, 0.6) is 11.5 Å². The number of fused-ring (bicyclic) bond motifs is 1. The molecule has 114 valence electrons. The zero-order valence-corrected chi connectivity index (χ0v) is 13.1. The second kappa shape index (κ2) is 5.72. The molecule has 0 saturated heterocycles. The van der Waals surface area contributed by atoms with Crippen LogP contribution in [-0.4, -0.2) is 24.6 Å². The van der Waals surface area contributed by atoms with Crippen LogP contribution in [0.3, 0.4) is 0 Å². The molecule has 2 aromatic carbocycles. The van der Waals surface area contributed by atoms with Gasteiger partial charge in [0.1, 0.15) is 0 Å². The van der Waals surface area contributed by atoms with Crippen molar-refractivity contribution < 1.29 is 14.3 Å². The lowest BCUT2D eigenvalue weighted by Gasteiger charge is -2.19. The van der Waals surface area contributed by atoms with Crippen LogP contribution in [0.4, 0.5) is 0 Å². The van der Waals surface area contributed by atoms with Crippen LogP contribution in [-0.2, 0) is 6.54 Å². The topological polar surface area (TPSA) is 38.8 Å². The van der Waals surface area contributed by atoms with Crippen LogP contribution in [0.2, 0.25) is 0 Å². The van der Waals surface area contributed by atoms with Crippen molar-refractivity contribution in [3.63, 3.8) is 0 Å². The molecule has 1 heterocycles. The zero-order chi connectivity index (χ0) is 15.7. The summed E-state index contributed by atoms with van der Waals surface area (Å²) >= 11 is 0. The molecular weight excluding hydrogens is 278 g/mol. The number of carbonyl (C=O) groups excluding carboxylic acids is 1. The van der Waals surface area contributed by atoms with Gasteiger partial charge < -0.3 is 14.4 Å². The molecule has 0 N–H and O–H groups in total. The lowest BCUT2D eigenvalue weighted by molar-refractivity contribution is 0.0784. The molecule has 3 rings (SSSR count). The maximum atomic E-state index is 12.6. The highest BCUT2D eigenvalue weighted by Gasteiger charge is 2.17. The summed E-state index contributed by atoms with van der Waals surface area (Å²) in [6.07, 6.45) is 0. The van der Waals surface area contributed by atoms with Gasteiger partial charge in [0.25, 0.3) is 5.91 Å². The first-order valence-corrected chi connectivity index (χ1v) is 7.26. The molecule has 2 aromatic rings. The molecule has 0 unspecified atom stereocenters. The van der Waals surface area contributed by atoms with Crippen molar-refractivity contribution in [3.8, 4) is 11.5 Å². The smallest absolute Gasteiger partial charge is 0.254 e. The second-order valence-electron chi connectivity index (χ2n) is 5.60. The van der Waals surface area contributed by atoms with E-state index < -0.39 is 0 Å².